The molecule has 2 rings (SSSR count). The first-order chi connectivity index (χ1) is 12.5. The van der Waals surface area contributed by atoms with Gasteiger partial charge in [0.15, 0.2) is 0 Å². The number of nitrogens with zero attached hydrogens (tertiary/aromatic N) is 1. The second kappa shape index (κ2) is 9.25. The summed E-state index contributed by atoms with van der Waals surface area (Å²) in [5, 5.41) is 3.09. The van der Waals surface area contributed by atoms with E-state index in [1.807, 2.05) is 19.2 Å². The minimum Gasteiger partial charge on any atom is -0.465 e. The molecule has 0 aliphatic carbocycles. The van der Waals surface area contributed by atoms with E-state index in [0.29, 0.717) is 21.8 Å². The molecule has 0 bridgehead atoms. The molecule has 0 aliphatic rings. The van der Waals surface area contributed by atoms with Crippen LogP contribution in [0.25, 0.3) is 0 Å². The van der Waals surface area contributed by atoms with Gasteiger partial charge in [0.2, 0.25) is 0 Å². The number of nitrogens with one attached hydrogen (secondary N) is 1. The lowest BCUT2D eigenvalue weighted by Gasteiger charge is -2.19. The molecule has 0 heterocycles. The number of carbonyl (C=O) groups is 2. The van der Waals surface area contributed by atoms with E-state index < -0.39 is 5.97 Å². The quantitative estimate of drug-likeness (QED) is 0.718. The number of methoxy groups -OCH3 is 1. The number of anilines is 2. The highest BCUT2D eigenvalue weighted by molar-refractivity contribution is 6.34. The van der Waals surface area contributed by atoms with Crippen LogP contribution in [-0.4, -0.2) is 32.6 Å². The van der Waals surface area contributed by atoms with E-state index in [2.05, 4.69) is 21.9 Å². The maximum Gasteiger partial charge on any atom is 0.337 e. The Morgan fingerprint density at radius 1 is 1.12 bits per heavy atom. The third-order valence-electron chi connectivity index (χ3n) is 4.05. The molecule has 0 unspecified atom stereocenters. The average Bonchev–Trinajstić information content (AvgIpc) is 2.67. The summed E-state index contributed by atoms with van der Waals surface area (Å²) >= 11 is 6.12. The van der Waals surface area contributed by atoms with Crippen LogP contribution in [-0.2, 0) is 4.74 Å². The number of hydrogen-bond donors (Lipinski definition) is 1. The van der Waals surface area contributed by atoms with E-state index in [-0.39, 0.29) is 5.91 Å². The SMILES string of the molecule is CCCCN(C)c1ccc(C(=O)Nc2cc(C(=O)OC)ccc2Cl)cc1. The van der Waals surface area contributed by atoms with E-state index in [4.69, 9.17) is 11.6 Å². The number of ether oxygens (including phenoxy) is 1. The summed E-state index contributed by atoms with van der Waals surface area (Å²) in [6.45, 7) is 3.12. The summed E-state index contributed by atoms with van der Waals surface area (Å²) in [5.41, 5.74) is 2.25. The van der Waals surface area contributed by atoms with Crippen LogP contribution < -0.4 is 10.2 Å². The molecule has 0 radical (unpaired) electrons. The number of carbonyl (C=O) groups excluding carboxylic acids is 2. The minimum absolute atomic E-state index is 0.295. The van der Waals surface area contributed by atoms with Gasteiger partial charge in [-0.15, -0.1) is 0 Å². The van der Waals surface area contributed by atoms with Gasteiger partial charge < -0.3 is 15.0 Å². The zero-order valence-electron chi connectivity index (χ0n) is 15.2. The smallest absolute Gasteiger partial charge is 0.337 e. The summed E-state index contributed by atoms with van der Waals surface area (Å²) in [7, 11) is 3.33. The van der Waals surface area contributed by atoms with Crippen molar-refractivity contribution in [2.24, 2.45) is 0 Å². The van der Waals surface area contributed by atoms with Crippen LogP contribution in [0.3, 0.4) is 0 Å². The van der Waals surface area contributed by atoms with Crippen LogP contribution in [0, 0.1) is 0 Å². The Balaban J connectivity index is 2.11. The van der Waals surface area contributed by atoms with Crippen LogP contribution in [0.15, 0.2) is 42.5 Å². The summed E-state index contributed by atoms with van der Waals surface area (Å²) in [6.07, 6.45) is 2.25. The van der Waals surface area contributed by atoms with Gasteiger partial charge in [-0.1, -0.05) is 24.9 Å². The molecule has 6 heteroatoms. The summed E-state index contributed by atoms with van der Waals surface area (Å²) < 4.78 is 4.68. The highest BCUT2D eigenvalue weighted by atomic mass is 35.5. The Kier molecular flexibility index (Phi) is 7.04. The van der Waals surface area contributed by atoms with Gasteiger partial charge in [-0.3, -0.25) is 4.79 Å². The molecule has 1 N–H and O–H groups in total. The Hall–Kier alpha value is -2.53. The Bertz CT molecular complexity index is 775. The summed E-state index contributed by atoms with van der Waals surface area (Å²) in [5.74, 6) is -0.784. The second-order valence-electron chi connectivity index (χ2n) is 5.96. The zero-order chi connectivity index (χ0) is 19.1. The first kappa shape index (κ1) is 19.8. The van der Waals surface area contributed by atoms with Gasteiger partial charge in [-0.05, 0) is 48.9 Å². The highest BCUT2D eigenvalue weighted by Crippen LogP contribution is 2.24. The van der Waals surface area contributed by atoms with Crippen LogP contribution >= 0.6 is 11.6 Å². The number of rotatable bonds is 7. The molecular weight excluding hydrogens is 352 g/mol. The monoisotopic (exact) mass is 374 g/mol. The van der Waals surface area contributed by atoms with Gasteiger partial charge in [0.05, 0.1) is 23.4 Å². The summed E-state index contributed by atoms with van der Waals surface area (Å²) in [6, 6.07) is 12.0. The molecule has 0 saturated carbocycles. The van der Waals surface area contributed by atoms with Crippen LogP contribution in [0.1, 0.15) is 40.5 Å². The standard InChI is InChI=1S/C20H23ClN2O3/c1-4-5-12-23(2)16-9-6-14(7-10-16)19(24)22-18-13-15(20(25)26-3)8-11-17(18)21/h6-11,13H,4-5,12H2,1-3H3,(H,22,24). The lowest BCUT2D eigenvalue weighted by atomic mass is 10.1. The summed E-state index contributed by atoms with van der Waals surface area (Å²) in [4.78, 5) is 26.3. The van der Waals surface area contributed by atoms with Crippen molar-refractivity contribution in [3.63, 3.8) is 0 Å². The van der Waals surface area contributed by atoms with E-state index in [9.17, 15) is 9.59 Å². The predicted octanol–water partition coefficient (Wildman–Crippen LogP) is 4.62. The van der Waals surface area contributed by atoms with Gasteiger partial charge in [0, 0.05) is 24.8 Å². The fourth-order valence-electron chi connectivity index (χ4n) is 2.45. The first-order valence-electron chi connectivity index (χ1n) is 8.46. The van der Waals surface area contributed by atoms with Crippen LogP contribution in [0.5, 0.6) is 0 Å². The maximum absolute atomic E-state index is 12.5. The molecule has 26 heavy (non-hydrogen) atoms. The van der Waals surface area contributed by atoms with Gasteiger partial charge >= 0.3 is 5.97 Å². The van der Waals surface area contributed by atoms with Crippen molar-refractivity contribution >= 4 is 34.9 Å². The molecule has 5 nitrogen and oxygen atoms in total. The third-order valence-corrected chi connectivity index (χ3v) is 4.38. The van der Waals surface area contributed by atoms with Gasteiger partial charge in [-0.25, -0.2) is 4.79 Å². The fraction of sp³-hybridized carbons (Fsp3) is 0.300. The Morgan fingerprint density at radius 3 is 2.38 bits per heavy atom. The predicted molar refractivity (Wildman–Crippen MR) is 105 cm³/mol. The molecular formula is C20H23ClN2O3. The molecule has 0 aliphatic heterocycles. The molecule has 0 atom stereocenters. The maximum atomic E-state index is 12.5. The molecule has 0 saturated heterocycles. The van der Waals surface area contributed by atoms with E-state index in [1.54, 1.807) is 24.3 Å². The molecule has 0 aromatic heterocycles. The topological polar surface area (TPSA) is 58.6 Å². The third kappa shape index (κ3) is 4.99. The number of esters is 1. The van der Waals surface area contributed by atoms with E-state index in [1.165, 1.54) is 13.2 Å². The lowest BCUT2D eigenvalue weighted by Crippen LogP contribution is -2.18. The van der Waals surface area contributed by atoms with Crippen molar-refractivity contribution in [2.75, 3.05) is 30.9 Å². The lowest BCUT2D eigenvalue weighted by molar-refractivity contribution is 0.0600. The Morgan fingerprint density at radius 2 is 1.77 bits per heavy atom. The van der Waals surface area contributed by atoms with Crippen molar-refractivity contribution in [3.05, 3.63) is 58.6 Å². The normalized spacial score (nSPS) is 10.3. The van der Waals surface area contributed by atoms with Crippen molar-refractivity contribution < 1.29 is 14.3 Å². The second-order valence-corrected chi connectivity index (χ2v) is 6.37. The molecule has 138 valence electrons. The first-order valence-corrected chi connectivity index (χ1v) is 8.84. The van der Waals surface area contributed by atoms with Crippen molar-refractivity contribution in [1.29, 1.82) is 0 Å². The number of hydrogen-bond acceptors (Lipinski definition) is 4. The molecule has 2 aromatic carbocycles. The largest absolute Gasteiger partial charge is 0.465 e. The van der Waals surface area contributed by atoms with Crippen LogP contribution in [0.2, 0.25) is 5.02 Å². The fourth-order valence-corrected chi connectivity index (χ4v) is 2.62. The van der Waals surface area contributed by atoms with Crippen LogP contribution in [0.4, 0.5) is 11.4 Å². The van der Waals surface area contributed by atoms with Gasteiger partial charge in [-0.2, -0.15) is 0 Å². The minimum atomic E-state index is -0.489. The number of amides is 1. The van der Waals surface area contributed by atoms with Crippen molar-refractivity contribution in [1.82, 2.24) is 0 Å². The zero-order valence-corrected chi connectivity index (χ0v) is 16.0. The van der Waals surface area contributed by atoms with Gasteiger partial charge in [0.1, 0.15) is 0 Å². The van der Waals surface area contributed by atoms with E-state index in [0.717, 1.165) is 25.1 Å². The number of halogens is 1. The molecule has 1 amide bonds. The molecule has 2 aromatic rings. The van der Waals surface area contributed by atoms with Gasteiger partial charge in [0.25, 0.3) is 5.91 Å². The Labute approximate surface area is 158 Å². The van der Waals surface area contributed by atoms with Crippen molar-refractivity contribution in [2.45, 2.75) is 19.8 Å². The van der Waals surface area contributed by atoms with Crippen molar-refractivity contribution in [3.8, 4) is 0 Å². The van der Waals surface area contributed by atoms with E-state index >= 15 is 0 Å². The molecule has 0 spiro atoms. The highest BCUT2D eigenvalue weighted by Gasteiger charge is 2.13. The number of benzene rings is 2. The molecule has 0 fully saturated rings. The average molecular weight is 375 g/mol. The number of unbranched alkanes of at least 4 members (excludes halogenated alkanes) is 1.